The molecule has 1 atom stereocenters. The molecule has 0 fully saturated rings. The molecular formula is C13H13F3O5S. The number of halogens is 3. The second kappa shape index (κ2) is 5.88. The number of carbonyl (C=O) groups is 1. The number of hydrogen-bond acceptors (Lipinski definition) is 4. The number of rotatable bonds is 4. The lowest BCUT2D eigenvalue weighted by Gasteiger charge is -2.21. The Morgan fingerprint density at radius 1 is 1.27 bits per heavy atom. The van der Waals surface area contributed by atoms with Crippen molar-refractivity contribution in [1.29, 1.82) is 0 Å². The maximum absolute atomic E-state index is 12.7. The fraction of sp³-hybridized carbons (Fsp3) is 0.462. The summed E-state index contributed by atoms with van der Waals surface area (Å²) in [4.78, 5) is 11.9. The van der Waals surface area contributed by atoms with Crippen molar-refractivity contribution < 1.29 is 35.7 Å². The first-order chi connectivity index (χ1) is 10.1. The number of fused-ring (bicyclic) bond motifs is 1. The van der Waals surface area contributed by atoms with E-state index in [0.29, 0.717) is 0 Å². The molecule has 0 amide bonds. The fourth-order valence-corrected chi connectivity index (χ4v) is 2.99. The number of hydrogen-bond donors (Lipinski definition) is 1. The van der Waals surface area contributed by atoms with Crippen molar-refractivity contribution in [2.45, 2.75) is 25.1 Å². The highest BCUT2D eigenvalue weighted by molar-refractivity contribution is 7.85. The molecule has 22 heavy (non-hydrogen) atoms. The summed E-state index contributed by atoms with van der Waals surface area (Å²) in [6.45, 7) is 0. The van der Waals surface area contributed by atoms with Gasteiger partial charge in [-0.2, -0.15) is 21.6 Å². The van der Waals surface area contributed by atoms with Crippen LogP contribution >= 0.6 is 0 Å². The van der Waals surface area contributed by atoms with Gasteiger partial charge in [0.05, 0.1) is 5.92 Å². The van der Waals surface area contributed by atoms with E-state index in [0.717, 1.165) is 11.1 Å². The Morgan fingerprint density at radius 3 is 2.18 bits per heavy atom. The minimum Gasteiger partial charge on any atom is -0.451 e. The van der Waals surface area contributed by atoms with Crippen LogP contribution in [0.1, 0.15) is 11.1 Å². The molecule has 0 bridgehead atoms. The maximum atomic E-state index is 12.7. The Bertz CT molecular complexity index is 643. The van der Waals surface area contributed by atoms with Crippen molar-refractivity contribution in [3.63, 3.8) is 0 Å². The Hall–Kier alpha value is -1.61. The third kappa shape index (κ3) is 4.20. The van der Waals surface area contributed by atoms with Crippen LogP contribution in [0.15, 0.2) is 24.3 Å². The number of ether oxygens (including phenoxy) is 1. The molecule has 9 heteroatoms. The van der Waals surface area contributed by atoms with Gasteiger partial charge in [-0.25, -0.2) is 0 Å². The molecule has 0 aliphatic heterocycles. The molecule has 0 aromatic heterocycles. The minimum absolute atomic E-state index is 0.242. The zero-order valence-electron chi connectivity index (χ0n) is 11.2. The van der Waals surface area contributed by atoms with Crippen molar-refractivity contribution in [2.75, 3.05) is 5.75 Å². The van der Waals surface area contributed by atoms with Crippen molar-refractivity contribution >= 4 is 16.1 Å². The molecule has 0 spiro atoms. The van der Waals surface area contributed by atoms with Crippen LogP contribution in [0.2, 0.25) is 0 Å². The molecule has 2 rings (SSSR count). The molecular weight excluding hydrogens is 325 g/mol. The third-order valence-electron chi connectivity index (χ3n) is 3.37. The normalized spacial score (nSPS) is 17.1. The summed E-state index contributed by atoms with van der Waals surface area (Å²) in [5.74, 6) is -3.62. The van der Waals surface area contributed by atoms with E-state index in [1.165, 1.54) is 0 Å². The van der Waals surface area contributed by atoms with Gasteiger partial charge in [0.2, 0.25) is 6.10 Å². The van der Waals surface area contributed by atoms with Gasteiger partial charge in [0.1, 0.15) is 5.75 Å². The van der Waals surface area contributed by atoms with Gasteiger partial charge in [-0.15, -0.1) is 0 Å². The van der Waals surface area contributed by atoms with Crippen molar-refractivity contribution in [3.8, 4) is 0 Å². The van der Waals surface area contributed by atoms with Gasteiger partial charge in [-0.05, 0) is 24.0 Å². The van der Waals surface area contributed by atoms with Gasteiger partial charge in [0, 0.05) is 0 Å². The molecule has 5 nitrogen and oxygen atoms in total. The summed E-state index contributed by atoms with van der Waals surface area (Å²) in [5.41, 5.74) is 1.70. The van der Waals surface area contributed by atoms with Gasteiger partial charge in [-0.1, -0.05) is 24.3 Å². The van der Waals surface area contributed by atoms with Gasteiger partial charge in [-0.3, -0.25) is 9.35 Å². The van der Waals surface area contributed by atoms with E-state index in [-0.39, 0.29) is 12.8 Å². The van der Waals surface area contributed by atoms with Crippen LogP contribution in [0, 0.1) is 5.92 Å². The smallest absolute Gasteiger partial charge is 0.426 e. The summed E-state index contributed by atoms with van der Waals surface area (Å²) in [5, 5.41) is 0. The molecule has 0 heterocycles. The molecule has 1 aromatic rings. The largest absolute Gasteiger partial charge is 0.451 e. The van der Waals surface area contributed by atoms with Crippen LogP contribution in [0.4, 0.5) is 13.2 Å². The van der Waals surface area contributed by atoms with E-state index in [4.69, 9.17) is 4.55 Å². The third-order valence-corrected chi connectivity index (χ3v) is 4.09. The average molecular weight is 338 g/mol. The SMILES string of the molecule is O=C(OC(CS(=O)(=O)O)C(F)(F)F)C1Cc2ccccc2C1. The van der Waals surface area contributed by atoms with E-state index < -0.39 is 40.0 Å². The zero-order valence-corrected chi connectivity index (χ0v) is 12.0. The second-order valence-electron chi connectivity index (χ2n) is 5.09. The van der Waals surface area contributed by atoms with Crippen molar-refractivity contribution in [3.05, 3.63) is 35.4 Å². The molecule has 1 aliphatic rings. The monoisotopic (exact) mass is 338 g/mol. The predicted molar refractivity (Wildman–Crippen MR) is 69.7 cm³/mol. The lowest BCUT2D eigenvalue weighted by atomic mass is 10.1. The number of esters is 1. The van der Waals surface area contributed by atoms with Crippen LogP contribution in [0.3, 0.4) is 0 Å². The van der Waals surface area contributed by atoms with Gasteiger partial charge in [0.25, 0.3) is 10.1 Å². The Morgan fingerprint density at radius 2 is 1.77 bits per heavy atom. The van der Waals surface area contributed by atoms with E-state index in [1.54, 1.807) is 24.3 Å². The lowest BCUT2D eigenvalue weighted by Crippen LogP contribution is -2.41. The molecule has 1 unspecified atom stereocenters. The van der Waals surface area contributed by atoms with Crippen molar-refractivity contribution in [2.24, 2.45) is 5.92 Å². The van der Waals surface area contributed by atoms with E-state index in [1.807, 2.05) is 0 Å². The van der Waals surface area contributed by atoms with E-state index in [9.17, 15) is 26.4 Å². The first-order valence-electron chi connectivity index (χ1n) is 6.35. The van der Waals surface area contributed by atoms with E-state index in [2.05, 4.69) is 4.74 Å². The summed E-state index contributed by atoms with van der Waals surface area (Å²) < 4.78 is 72.2. The van der Waals surface area contributed by atoms with Crippen molar-refractivity contribution in [1.82, 2.24) is 0 Å². The van der Waals surface area contributed by atoms with Crippen LogP contribution in [0.25, 0.3) is 0 Å². The first kappa shape index (κ1) is 16.8. The molecule has 0 saturated carbocycles. The molecule has 1 aliphatic carbocycles. The van der Waals surface area contributed by atoms with Gasteiger partial charge < -0.3 is 4.74 Å². The standard InChI is InChI=1S/C13H13F3O5S/c14-13(15,16)11(7-22(18,19)20)21-12(17)10-5-8-3-1-2-4-9(8)6-10/h1-4,10-11H,5-7H2,(H,18,19,20). The Balaban J connectivity index is 2.07. The maximum Gasteiger partial charge on any atom is 0.426 e. The van der Waals surface area contributed by atoms with Gasteiger partial charge in [0.15, 0.2) is 0 Å². The number of benzene rings is 1. The van der Waals surface area contributed by atoms with Crippen LogP contribution in [-0.2, 0) is 32.5 Å². The summed E-state index contributed by atoms with van der Waals surface area (Å²) >= 11 is 0. The molecule has 1 aromatic carbocycles. The first-order valence-corrected chi connectivity index (χ1v) is 7.96. The Kier molecular flexibility index (Phi) is 4.48. The number of alkyl halides is 3. The molecule has 0 radical (unpaired) electrons. The highest BCUT2D eigenvalue weighted by atomic mass is 32.2. The number of carbonyl (C=O) groups excluding carboxylic acids is 1. The second-order valence-corrected chi connectivity index (χ2v) is 6.59. The highest BCUT2D eigenvalue weighted by Gasteiger charge is 2.46. The van der Waals surface area contributed by atoms with E-state index >= 15 is 0 Å². The van der Waals surface area contributed by atoms with Crippen LogP contribution in [0.5, 0.6) is 0 Å². The van der Waals surface area contributed by atoms with Crippen LogP contribution in [-0.4, -0.2) is 37.0 Å². The molecule has 122 valence electrons. The van der Waals surface area contributed by atoms with Crippen LogP contribution < -0.4 is 0 Å². The lowest BCUT2D eigenvalue weighted by molar-refractivity contribution is -0.217. The van der Waals surface area contributed by atoms with Gasteiger partial charge >= 0.3 is 12.1 Å². The average Bonchev–Trinajstić information content (AvgIpc) is 2.79. The fourth-order valence-electron chi connectivity index (χ4n) is 2.35. The zero-order chi connectivity index (χ0) is 16.5. The highest BCUT2D eigenvalue weighted by Crippen LogP contribution is 2.30. The quantitative estimate of drug-likeness (QED) is 0.668. The summed E-state index contributed by atoms with van der Waals surface area (Å²) in [7, 11) is -4.93. The molecule has 0 saturated heterocycles. The Labute approximate surface area is 124 Å². The topological polar surface area (TPSA) is 80.7 Å². The summed E-state index contributed by atoms with van der Waals surface area (Å²) in [6.07, 6.45) is -7.47. The minimum atomic E-state index is -5.07. The summed E-state index contributed by atoms with van der Waals surface area (Å²) in [6, 6.07) is 7.04. The molecule has 1 N–H and O–H groups in total. The predicted octanol–water partition coefficient (Wildman–Crippen LogP) is 1.76.